The largest absolute Gasteiger partial charge is 0.326 e. The summed E-state index contributed by atoms with van der Waals surface area (Å²) in [5.74, 6) is -0.460. The van der Waals surface area contributed by atoms with E-state index in [9.17, 15) is 18.0 Å². The molecule has 0 aliphatic carbocycles. The van der Waals surface area contributed by atoms with Crippen molar-refractivity contribution >= 4 is 33.2 Å². The fourth-order valence-corrected chi connectivity index (χ4v) is 4.06. The maximum atomic E-state index is 12.5. The summed E-state index contributed by atoms with van der Waals surface area (Å²) in [7, 11) is -3.63. The summed E-state index contributed by atoms with van der Waals surface area (Å²) >= 11 is 0. The van der Waals surface area contributed by atoms with Gasteiger partial charge in [-0.15, -0.1) is 0 Å². The van der Waals surface area contributed by atoms with Gasteiger partial charge in [-0.1, -0.05) is 18.2 Å². The summed E-state index contributed by atoms with van der Waals surface area (Å²) in [6, 6.07) is 18.5. The van der Waals surface area contributed by atoms with Gasteiger partial charge in [0.15, 0.2) is 0 Å². The Hall–Kier alpha value is -3.49. The van der Waals surface area contributed by atoms with Crippen molar-refractivity contribution in [3.8, 4) is 0 Å². The third-order valence-electron chi connectivity index (χ3n) is 4.93. The smallest absolute Gasteiger partial charge is 0.255 e. The van der Waals surface area contributed by atoms with E-state index in [0.29, 0.717) is 16.9 Å². The van der Waals surface area contributed by atoms with Gasteiger partial charge in [-0.2, -0.15) is 0 Å². The van der Waals surface area contributed by atoms with Gasteiger partial charge in [0.1, 0.15) is 0 Å². The number of hydrogen-bond donors (Lipinski definition) is 3. The Morgan fingerprint density at radius 3 is 1.94 bits per heavy atom. The highest BCUT2D eigenvalue weighted by molar-refractivity contribution is 7.89. The molecule has 8 heteroatoms. The minimum Gasteiger partial charge on any atom is -0.326 e. The SMILES string of the molecule is CC(=O)Nc1ccc(NC(=O)c2ccc(CNS(=O)(=O)c3ccc(C)c(C)c3)cc2)cc1. The number of carbonyl (C=O) groups is 2. The van der Waals surface area contributed by atoms with Crippen LogP contribution in [0.25, 0.3) is 0 Å². The fourth-order valence-electron chi connectivity index (χ4n) is 2.96. The molecule has 0 unspecified atom stereocenters. The molecule has 0 aromatic heterocycles. The quantitative estimate of drug-likeness (QED) is 0.505. The van der Waals surface area contributed by atoms with Gasteiger partial charge >= 0.3 is 0 Å². The third kappa shape index (κ3) is 6.03. The normalized spacial score (nSPS) is 11.1. The van der Waals surface area contributed by atoms with Gasteiger partial charge in [0.25, 0.3) is 5.91 Å². The Bertz CT molecular complexity index is 1240. The molecule has 0 atom stereocenters. The average molecular weight is 452 g/mol. The highest BCUT2D eigenvalue weighted by Gasteiger charge is 2.14. The maximum absolute atomic E-state index is 12.5. The minimum absolute atomic E-state index is 0.113. The fraction of sp³-hybridized carbons (Fsp3) is 0.167. The van der Waals surface area contributed by atoms with Crippen molar-refractivity contribution in [2.24, 2.45) is 0 Å². The molecule has 166 valence electrons. The summed E-state index contributed by atoms with van der Waals surface area (Å²) in [6.45, 7) is 5.34. The molecule has 2 amide bonds. The number of hydrogen-bond acceptors (Lipinski definition) is 4. The second-order valence-electron chi connectivity index (χ2n) is 7.48. The van der Waals surface area contributed by atoms with Crippen LogP contribution in [-0.4, -0.2) is 20.2 Å². The molecular weight excluding hydrogens is 426 g/mol. The van der Waals surface area contributed by atoms with Gasteiger partial charge in [0, 0.05) is 30.4 Å². The zero-order valence-electron chi connectivity index (χ0n) is 18.1. The van der Waals surface area contributed by atoms with Crippen molar-refractivity contribution in [2.75, 3.05) is 10.6 Å². The van der Waals surface area contributed by atoms with Crippen LogP contribution in [-0.2, 0) is 21.4 Å². The van der Waals surface area contributed by atoms with Gasteiger partial charge in [-0.05, 0) is 79.1 Å². The van der Waals surface area contributed by atoms with E-state index in [-0.39, 0.29) is 23.3 Å². The van der Waals surface area contributed by atoms with Crippen LogP contribution >= 0.6 is 0 Å². The van der Waals surface area contributed by atoms with Gasteiger partial charge in [-0.25, -0.2) is 13.1 Å². The molecule has 0 fully saturated rings. The van der Waals surface area contributed by atoms with Crippen molar-refractivity contribution in [2.45, 2.75) is 32.2 Å². The molecule has 0 aliphatic heterocycles. The van der Waals surface area contributed by atoms with Crippen LogP contribution in [0.15, 0.2) is 71.6 Å². The minimum atomic E-state index is -3.63. The summed E-state index contributed by atoms with van der Waals surface area (Å²) < 4.78 is 27.7. The molecule has 32 heavy (non-hydrogen) atoms. The van der Waals surface area contributed by atoms with Crippen LogP contribution in [0.3, 0.4) is 0 Å². The van der Waals surface area contributed by atoms with Crippen molar-refractivity contribution < 1.29 is 18.0 Å². The molecule has 3 aromatic rings. The molecule has 3 rings (SSSR count). The van der Waals surface area contributed by atoms with E-state index in [1.165, 1.54) is 6.92 Å². The van der Waals surface area contributed by atoms with E-state index in [1.807, 2.05) is 13.8 Å². The van der Waals surface area contributed by atoms with Gasteiger partial charge < -0.3 is 10.6 Å². The van der Waals surface area contributed by atoms with Crippen molar-refractivity contribution in [1.29, 1.82) is 0 Å². The van der Waals surface area contributed by atoms with E-state index in [4.69, 9.17) is 0 Å². The standard InChI is InChI=1S/C24H25N3O4S/c1-16-4-13-23(14-17(16)2)32(30,31)25-15-19-5-7-20(8-6-19)24(29)27-22-11-9-21(10-12-22)26-18(3)28/h4-14,25H,15H2,1-3H3,(H,26,28)(H,27,29). The Labute approximate surface area is 187 Å². The number of benzene rings is 3. The topological polar surface area (TPSA) is 104 Å². The monoisotopic (exact) mass is 451 g/mol. The Kier molecular flexibility index (Phi) is 7.07. The lowest BCUT2D eigenvalue weighted by Crippen LogP contribution is -2.23. The number of aryl methyl sites for hydroxylation is 2. The summed E-state index contributed by atoms with van der Waals surface area (Å²) in [6.07, 6.45) is 0. The first-order valence-electron chi connectivity index (χ1n) is 9.99. The summed E-state index contributed by atoms with van der Waals surface area (Å²) in [5, 5.41) is 5.44. The van der Waals surface area contributed by atoms with Crippen molar-refractivity contribution in [3.05, 3.63) is 89.0 Å². The molecule has 0 bridgehead atoms. The number of rotatable bonds is 7. The highest BCUT2D eigenvalue weighted by atomic mass is 32.2. The molecule has 0 saturated carbocycles. The van der Waals surface area contributed by atoms with E-state index < -0.39 is 10.0 Å². The van der Waals surface area contributed by atoms with Crippen LogP contribution in [0.1, 0.15) is 34.0 Å². The second kappa shape index (κ2) is 9.76. The maximum Gasteiger partial charge on any atom is 0.255 e. The first kappa shape index (κ1) is 23.2. The molecule has 0 radical (unpaired) electrons. The molecule has 0 aliphatic rings. The van der Waals surface area contributed by atoms with E-state index in [1.54, 1.807) is 66.7 Å². The number of amides is 2. The zero-order chi connectivity index (χ0) is 23.3. The predicted octanol–water partition coefficient (Wildman–Crippen LogP) is 3.99. The Morgan fingerprint density at radius 2 is 1.38 bits per heavy atom. The van der Waals surface area contributed by atoms with Crippen LogP contribution in [0.5, 0.6) is 0 Å². The number of carbonyl (C=O) groups excluding carboxylic acids is 2. The zero-order valence-corrected chi connectivity index (χ0v) is 18.9. The van der Waals surface area contributed by atoms with Crippen LogP contribution in [0, 0.1) is 13.8 Å². The summed E-state index contributed by atoms with van der Waals surface area (Å²) in [4.78, 5) is 23.7. The van der Waals surface area contributed by atoms with Gasteiger partial charge in [0.05, 0.1) is 4.90 Å². The molecule has 0 spiro atoms. The van der Waals surface area contributed by atoms with Crippen molar-refractivity contribution in [3.63, 3.8) is 0 Å². The number of nitrogens with one attached hydrogen (secondary N) is 3. The van der Waals surface area contributed by atoms with E-state index in [2.05, 4.69) is 15.4 Å². The molecule has 3 aromatic carbocycles. The molecular formula is C24H25N3O4S. The second-order valence-corrected chi connectivity index (χ2v) is 9.25. The van der Waals surface area contributed by atoms with E-state index in [0.717, 1.165) is 16.7 Å². The molecule has 0 saturated heterocycles. The first-order valence-corrected chi connectivity index (χ1v) is 11.5. The third-order valence-corrected chi connectivity index (χ3v) is 6.33. The highest BCUT2D eigenvalue weighted by Crippen LogP contribution is 2.17. The lowest BCUT2D eigenvalue weighted by Gasteiger charge is -2.10. The number of sulfonamides is 1. The predicted molar refractivity (Wildman–Crippen MR) is 125 cm³/mol. The molecule has 0 heterocycles. The summed E-state index contributed by atoms with van der Waals surface area (Å²) in [5.41, 5.74) is 4.34. The van der Waals surface area contributed by atoms with Crippen LogP contribution < -0.4 is 15.4 Å². The lowest BCUT2D eigenvalue weighted by molar-refractivity contribution is -0.114. The molecule has 3 N–H and O–H groups in total. The number of anilines is 2. The molecule has 7 nitrogen and oxygen atoms in total. The van der Waals surface area contributed by atoms with Crippen LogP contribution in [0.2, 0.25) is 0 Å². The average Bonchev–Trinajstić information content (AvgIpc) is 2.75. The Morgan fingerprint density at radius 1 is 0.781 bits per heavy atom. The van der Waals surface area contributed by atoms with Gasteiger partial charge in [-0.3, -0.25) is 9.59 Å². The van der Waals surface area contributed by atoms with E-state index >= 15 is 0 Å². The van der Waals surface area contributed by atoms with Crippen molar-refractivity contribution in [1.82, 2.24) is 4.72 Å². The first-order chi connectivity index (χ1) is 15.1. The van der Waals surface area contributed by atoms with Crippen LogP contribution in [0.4, 0.5) is 11.4 Å². The lowest BCUT2D eigenvalue weighted by atomic mass is 10.1. The Balaban J connectivity index is 1.60. The van der Waals surface area contributed by atoms with Gasteiger partial charge in [0.2, 0.25) is 15.9 Å².